The zero-order valence-corrected chi connectivity index (χ0v) is 16.7. The van der Waals surface area contributed by atoms with Gasteiger partial charge in [-0.2, -0.15) is 0 Å². The van der Waals surface area contributed by atoms with Gasteiger partial charge in [-0.15, -0.1) is 0 Å². The summed E-state index contributed by atoms with van der Waals surface area (Å²) >= 11 is 0. The average Bonchev–Trinajstić information content (AvgIpc) is 3.15. The Balaban J connectivity index is 2.04. The fourth-order valence-corrected chi connectivity index (χ4v) is 6.36. The van der Waals surface area contributed by atoms with Crippen molar-refractivity contribution < 1.29 is 18.0 Å². The van der Waals surface area contributed by atoms with Gasteiger partial charge >= 0.3 is 7.60 Å². The van der Waals surface area contributed by atoms with E-state index in [0.29, 0.717) is 13.2 Å². The zero-order valence-electron chi connectivity index (χ0n) is 14.9. The van der Waals surface area contributed by atoms with Crippen molar-refractivity contribution in [2.24, 2.45) is 0 Å². The van der Waals surface area contributed by atoms with Crippen molar-refractivity contribution in [2.45, 2.75) is 13.8 Å². The third-order valence-electron chi connectivity index (χ3n) is 3.69. The van der Waals surface area contributed by atoms with Gasteiger partial charge in [-0.3, -0.25) is 4.57 Å². The van der Waals surface area contributed by atoms with Crippen LogP contribution in [-0.4, -0.2) is 13.2 Å². The maximum Gasteiger partial charge on any atom is 0.396 e. The van der Waals surface area contributed by atoms with Crippen LogP contribution in [0.5, 0.6) is 0 Å². The van der Waals surface area contributed by atoms with Crippen LogP contribution in [0.15, 0.2) is 77.2 Å². The second-order valence-corrected chi connectivity index (χ2v) is 9.55. The minimum Gasteiger partial charge on any atom is -0.448 e. The van der Waals surface area contributed by atoms with Crippen molar-refractivity contribution in [3.63, 3.8) is 0 Å². The van der Waals surface area contributed by atoms with Crippen LogP contribution in [0.1, 0.15) is 13.8 Å². The van der Waals surface area contributed by atoms with Gasteiger partial charge in [0.1, 0.15) is 5.50 Å². The molecule has 0 radical (unpaired) electrons. The molecule has 2 aromatic carbocycles. The molecule has 0 amide bonds. The third-order valence-corrected chi connectivity index (χ3v) is 7.98. The Morgan fingerprint density at radius 1 is 0.808 bits per heavy atom. The molecular formula is C20H22O4P2. The normalized spacial score (nSPS) is 11.8. The van der Waals surface area contributed by atoms with Gasteiger partial charge < -0.3 is 13.5 Å². The Labute approximate surface area is 155 Å². The number of hydrogen-bond donors (Lipinski definition) is 0. The minimum absolute atomic E-state index is 0.260. The van der Waals surface area contributed by atoms with Gasteiger partial charge in [0.2, 0.25) is 5.50 Å². The van der Waals surface area contributed by atoms with Crippen LogP contribution >= 0.6 is 15.5 Å². The molecule has 0 aliphatic heterocycles. The Kier molecular flexibility index (Phi) is 6.45. The second-order valence-electron chi connectivity index (χ2n) is 5.45. The van der Waals surface area contributed by atoms with E-state index in [1.807, 2.05) is 42.5 Å². The summed E-state index contributed by atoms with van der Waals surface area (Å²) in [5, 5.41) is 2.33. The van der Waals surface area contributed by atoms with Crippen molar-refractivity contribution >= 4 is 37.1 Å². The molecule has 0 saturated carbocycles. The topological polar surface area (TPSA) is 48.7 Å². The van der Waals surface area contributed by atoms with Crippen LogP contribution in [0, 0.1) is 0 Å². The smallest absolute Gasteiger partial charge is 0.396 e. The number of benzene rings is 2. The molecule has 4 nitrogen and oxygen atoms in total. The summed E-state index contributed by atoms with van der Waals surface area (Å²) in [5.74, 6) is 0. The van der Waals surface area contributed by atoms with E-state index in [4.69, 9.17) is 13.5 Å². The van der Waals surface area contributed by atoms with E-state index < -0.39 is 15.5 Å². The van der Waals surface area contributed by atoms with Crippen molar-refractivity contribution in [1.29, 1.82) is 0 Å². The number of rotatable bonds is 8. The van der Waals surface area contributed by atoms with Gasteiger partial charge in [-0.1, -0.05) is 60.7 Å². The standard InChI is InChI=1S/C20H22O4P2/c1-3-22-26(21,23-4-2)20-16-15-19(24-20)25(17-11-7-5-8-12-17)18-13-9-6-10-14-18/h5-16H,3-4H2,1-2H3. The van der Waals surface area contributed by atoms with Crippen LogP contribution in [-0.2, 0) is 13.6 Å². The fraction of sp³-hybridized carbons (Fsp3) is 0.200. The molecule has 0 atom stereocenters. The first-order valence-electron chi connectivity index (χ1n) is 8.57. The van der Waals surface area contributed by atoms with Crippen molar-refractivity contribution in [3.8, 4) is 0 Å². The lowest BCUT2D eigenvalue weighted by Gasteiger charge is -2.17. The predicted octanol–water partition coefficient (Wildman–Crippen LogP) is 3.93. The molecule has 136 valence electrons. The fourth-order valence-electron chi connectivity index (χ4n) is 2.65. The van der Waals surface area contributed by atoms with E-state index in [9.17, 15) is 4.57 Å². The summed E-state index contributed by atoms with van der Waals surface area (Å²) in [6.45, 7) is 4.16. The molecule has 0 unspecified atom stereocenters. The highest BCUT2D eigenvalue weighted by atomic mass is 31.2. The molecule has 3 aromatic rings. The summed E-state index contributed by atoms with van der Waals surface area (Å²) in [5.41, 5.74) is 1.03. The SMILES string of the molecule is CCOP(=O)(OCC)c1ccc(P(c2ccccc2)c2ccccc2)o1. The van der Waals surface area contributed by atoms with Crippen molar-refractivity contribution in [2.75, 3.05) is 13.2 Å². The number of hydrogen-bond acceptors (Lipinski definition) is 4. The van der Waals surface area contributed by atoms with E-state index in [2.05, 4.69) is 24.3 Å². The van der Waals surface area contributed by atoms with Gasteiger partial charge in [0.15, 0.2) is 0 Å². The maximum atomic E-state index is 13.0. The first-order chi connectivity index (χ1) is 12.7. The molecule has 0 bridgehead atoms. The first-order valence-corrected chi connectivity index (χ1v) is 11.5. The summed E-state index contributed by atoms with van der Waals surface area (Å²) in [7, 11) is -4.32. The monoisotopic (exact) mass is 388 g/mol. The third kappa shape index (κ3) is 4.16. The molecule has 6 heteroatoms. The molecule has 1 aromatic heterocycles. The van der Waals surface area contributed by atoms with E-state index >= 15 is 0 Å². The highest BCUT2D eigenvalue weighted by molar-refractivity contribution is 7.79. The van der Waals surface area contributed by atoms with Crippen LogP contribution < -0.4 is 21.6 Å². The Hall–Kier alpha value is -1.70. The predicted molar refractivity (Wildman–Crippen MR) is 108 cm³/mol. The Bertz CT molecular complexity index is 812. The van der Waals surface area contributed by atoms with Crippen LogP contribution in [0.4, 0.5) is 0 Å². The molecule has 1 heterocycles. The molecule has 0 saturated heterocycles. The van der Waals surface area contributed by atoms with E-state index in [-0.39, 0.29) is 5.50 Å². The molecule has 0 aliphatic carbocycles. The molecule has 26 heavy (non-hydrogen) atoms. The molecular weight excluding hydrogens is 366 g/mol. The van der Waals surface area contributed by atoms with E-state index in [1.54, 1.807) is 19.9 Å². The molecule has 0 spiro atoms. The Morgan fingerprint density at radius 3 is 1.77 bits per heavy atom. The second kappa shape index (κ2) is 8.79. The molecule has 3 rings (SSSR count). The average molecular weight is 388 g/mol. The summed E-state index contributed by atoms with van der Waals surface area (Å²) in [6, 6.07) is 24.0. The van der Waals surface area contributed by atoms with Crippen molar-refractivity contribution in [3.05, 3.63) is 72.8 Å². The lowest BCUT2D eigenvalue weighted by Crippen LogP contribution is -2.20. The van der Waals surface area contributed by atoms with Gasteiger partial charge in [0.25, 0.3) is 0 Å². The Morgan fingerprint density at radius 2 is 1.31 bits per heavy atom. The van der Waals surface area contributed by atoms with Gasteiger partial charge in [0, 0.05) is 7.92 Å². The van der Waals surface area contributed by atoms with Crippen LogP contribution in [0.25, 0.3) is 0 Å². The lowest BCUT2D eigenvalue weighted by atomic mass is 10.4. The molecule has 0 N–H and O–H groups in total. The largest absolute Gasteiger partial charge is 0.448 e. The van der Waals surface area contributed by atoms with E-state index in [1.165, 1.54) is 0 Å². The molecule has 0 aliphatic rings. The lowest BCUT2D eigenvalue weighted by molar-refractivity contribution is 0.226. The van der Waals surface area contributed by atoms with Gasteiger partial charge in [-0.25, -0.2) is 0 Å². The molecule has 0 fully saturated rings. The van der Waals surface area contributed by atoms with Gasteiger partial charge in [-0.05, 0) is 36.6 Å². The first kappa shape index (κ1) is 19.1. The summed E-state index contributed by atoms with van der Waals surface area (Å²) in [6.07, 6.45) is 0. The minimum atomic E-state index is -3.43. The highest BCUT2D eigenvalue weighted by Crippen LogP contribution is 2.47. The highest BCUT2D eigenvalue weighted by Gasteiger charge is 2.32. The van der Waals surface area contributed by atoms with Crippen molar-refractivity contribution in [1.82, 2.24) is 0 Å². The summed E-state index contributed by atoms with van der Waals surface area (Å²) < 4.78 is 29.8. The van der Waals surface area contributed by atoms with Crippen LogP contribution in [0.2, 0.25) is 0 Å². The van der Waals surface area contributed by atoms with Gasteiger partial charge in [0.05, 0.1) is 13.2 Å². The zero-order chi connectivity index (χ0) is 18.4. The quantitative estimate of drug-likeness (QED) is 0.549. The van der Waals surface area contributed by atoms with Crippen LogP contribution in [0.3, 0.4) is 0 Å². The summed E-state index contributed by atoms with van der Waals surface area (Å²) in [4.78, 5) is 0. The van der Waals surface area contributed by atoms with E-state index in [0.717, 1.165) is 16.1 Å². The number of furan rings is 1. The maximum absolute atomic E-state index is 13.0.